The summed E-state index contributed by atoms with van der Waals surface area (Å²) in [5.41, 5.74) is 5.46. The van der Waals surface area contributed by atoms with Crippen molar-refractivity contribution in [1.82, 2.24) is 10.2 Å². The molecule has 0 saturated carbocycles. The molecule has 0 radical (unpaired) electrons. The number of hydrogen-bond acceptors (Lipinski definition) is 3. The molecule has 0 aliphatic carbocycles. The Morgan fingerprint density at radius 3 is 2.40 bits per heavy atom. The van der Waals surface area contributed by atoms with E-state index in [4.69, 9.17) is 5.73 Å². The van der Waals surface area contributed by atoms with Crippen LogP contribution in [0.15, 0.2) is 0 Å². The Balaban J connectivity index is 2.16. The predicted octanol–water partition coefficient (Wildman–Crippen LogP) is 2.13. The van der Waals surface area contributed by atoms with E-state index in [0.717, 1.165) is 38.8 Å². The van der Waals surface area contributed by atoms with Gasteiger partial charge in [-0.15, -0.1) is 0 Å². The van der Waals surface area contributed by atoms with Crippen LogP contribution in [0.4, 0.5) is 0 Å². The van der Waals surface area contributed by atoms with Crippen LogP contribution in [-0.2, 0) is 4.79 Å². The molecular weight excluding hydrogens is 250 g/mol. The maximum atomic E-state index is 11.9. The molecule has 1 heterocycles. The van der Waals surface area contributed by atoms with Gasteiger partial charge in [-0.05, 0) is 51.2 Å². The molecule has 1 aliphatic rings. The largest absolute Gasteiger partial charge is 0.355 e. The molecule has 4 heteroatoms. The molecule has 1 fully saturated rings. The second kappa shape index (κ2) is 10.2. The smallest absolute Gasteiger partial charge is 0.220 e. The third-order valence-electron chi connectivity index (χ3n) is 4.25. The number of rotatable bonds is 10. The molecular formula is C16H33N3O. The molecule has 1 amide bonds. The van der Waals surface area contributed by atoms with E-state index >= 15 is 0 Å². The van der Waals surface area contributed by atoms with Gasteiger partial charge >= 0.3 is 0 Å². The summed E-state index contributed by atoms with van der Waals surface area (Å²) in [6.45, 7) is 8.46. The van der Waals surface area contributed by atoms with Crippen LogP contribution in [0.25, 0.3) is 0 Å². The number of carbonyl (C=O) groups is 1. The minimum absolute atomic E-state index is 0.211. The molecule has 118 valence electrons. The van der Waals surface area contributed by atoms with Crippen LogP contribution in [0.3, 0.4) is 0 Å². The molecule has 1 rings (SSSR count). The number of carbonyl (C=O) groups excluding carboxylic acids is 1. The lowest BCUT2D eigenvalue weighted by Crippen LogP contribution is -2.45. The molecule has 1 unspecified atom stereocenters. The number of likely N-dealkylation sites (tertiary alicyclic amines) is 1. The third-order valence-corrected chi connectivity index (χ3v) is 4.25. The van der Waals surface area contributed by atoms with Gasteiger partial charge in [-0.3, -0.25) is 9.69 Å². The molecule has 1 atom stereocenters. The molecule has 4 nitrogen and oxygen atoms in total. The van der Waals surface area contributed by atoms with E-state index in [1.54, 1.807) is 0 Å². The molecule has 0 aromatic heterocycles. The highest BCUT2D eigenvalue weighted by atomic mass is 16.1. The van der Waals surface area contributed by atoms with E-state index in [1.807, 2.05) is 0 Å². The van der Waals surface area contributed by atoms with Gasteiger partial charge < -0.3 is 11.1 Å². The highest BCUT2D eigenvalue weighted by Crippen LogP contribution is 2.17. The van der Waals surface area contributed by atoms with Gasteiger partial charge in [0.2, 0.25) is 5.91 Å². The first-order valence-electron chi connectivity index (χ1n) is 8.36. The SMILES string of the molecule is CC(C)C(CNC(=O)CCCCCCN)N1CCCC1. The van der Waals surface area contributed by atoms with Crippen molar-refractivity contribution in [2.24, 2.45) is 11.7 Å². The highest BCUT2D eigenvalue weighted by molar-refractivity contribution is 5.75. The first-order valence-corrected chi connectivity index (χ1v) is 8.36. The van der Waals surface area contributed by atoms with E-state index in [9.17, 15) is 4.79 Å². The molecule has 0 aromatic rings. The average molecular weight is 283 g/mol. The number of amides is 1. The van der Waals surface area contributed by atoms with Crippen LogP contribution in [0.1, 0.15) is 58.8 Å². The van der Waals surface area contributed by atoms with Gasteiger partial charge in [0.15, 0.2) is 0 Å². The van der Waals surface area contributed by atoms with Crippen LogP contribution in [0.5, 0.6) is 0 Å². The van der Waals surface area contributed by atoms with E-state index in [2.05, 4.69) is 24.1 Å². The van der Waals surface area contributed by atoms with Crippen LogP contribution >= 0.6 is 0 Å². The Labute approximate surface area is 124 Å². The second-order valence-corrected chi connectivity index (χ2v) is 6.31. The van der Waals surface area contributed by atoms with Crippen molar-refractivity contribution in [3.63, 3.8) is 0 Å². The summed E-state index contributed by atoms with van der Waals surface area (Å²) in [4.78, 5) is 14.4. The standard InChI is InChI=1S/C16H33N3O/c1-14(2)15(19-11-7-8-12-19)13-18-16(20)9-5-3-4-6-10-17/h14-15H,3-13,17H2,1-2H3,(H,18,20). The maximum Gasteiger partial charge on any atom is 0.220 e. The Bertz CT molecular complexity index is 262. The van der Waals surface area contributed by atoms with E-state index in [-0.39, 0.29) is 5.91 Å². The fourth-order valence-corrected chi connectivity index (χ4v) is 2.95. The lowest BCUT2D eigenvalue weighted by molar-refractivity contribution is -0.121. The molecule has 0 aromatic carbocycles. The Kier molecular flexibility index (Phi) is 8.86. The highest BCUT2D eigenvalue weighted by Gasteiger charge is 2.24. The van der Waals surface area contributed by atoms with Gasteiger partial charge in [0.25, 0.3) is 0 Å². The summed E-state index contributed by atoms with van der Waals surface area (Å²) < 4.78 is 0. The summed E-state index contributed by atoms with van der Waals surface area (Å²) in [5, 5.41) is 3.13. The summed E-state index contributed by atoms with van der Waals surface area (Å²) >= 11 is 0. The van der Waals surface area contributed by atoms with Crippen LogP contribution < -0.4 is 11.1 Å². The quantitative estimate of drug-likeness (QED) is 0.604. The first kappa shape index (κ1) is 17.4. The Morgan fingerprint density at radius 2 is 1.80 bits per heavy atom. The lowest BCUT2D eigenvalue weighted by Gasteiger charge is -2.31. The number of nitrogens with zero attached hydrogens (tertiary/aromatic N) is 1. The zero-order valence-corrected chi connectivity index (χ0v) is 13.4. The molecule has 1 saturated heterocycles. The average Bonchev–Trinajstić information content (AvgIpc) is 2.92. The fourth-order valence-electron chi connectivity index (χ4n) is 2.95. The van der Waals surface area contributed by atoms with Crippen molar-refractivity contribution in [3.05, 3.63) is 0 Å². The molecule has 1 aliphatic heterocycles. The summed E-state index contributed by atoms with van der Waals surface area (Å²) in [5.74, 6) is 0.806. The minimum Gasteiger partial charge on any atom is -0.355 e. The number of unbranched alkanes of at least 4 members (excludes halogenated alkanes) is 3. The Morgan fingerprint density at radius 1 is 1.15 bits per heavy atom. The van der Waals surface area contributed by atoms with Crippen molar-refractivity contribution in [1.29, 1.82) is 0 Å². The van der Waals surface area contributed by atoms with Gasteiger partial charge in [0, 0.05) is 19.0 Å². The third kappa shape index (κ3) is 6.71. The fraction of sp³-hybridized carbons (Fsp3) is 0.938. The molecule has 3 N–H and O–H groups in total. The van der Waals surface area contributed by atoms with Crippen LogP contribution in [0.2, 0.25) is 0 Å². The normalized spacial score (nSPS) is 17.6. The zero-order valence-electron chi connectivity index (χ0n) is 13.4. The molecule has 20 heavy (non-hydrogen) atoms. The lowest BCUT2D eigenvalue weighted by atomic mass is 10.0. The topological polar surface area (TPSA) is 58.4 Å². The first-order chi connectivity index (χ1) is 9.65. The summed E-state index contributed by atoms with van der Waals surface area (Å²) in [6.07, 6.45) is 7.59. The van der Waals surface area contributed by atoms with Gasteiger partial charge in [0.1, 0.15) is 0 Å². The van der Waals surface area contributed by atoms with Crippen molar-refractivity contribution < 1.29 is 4.79 Å². The van der Waals surface area contributed by atoms with Gasteiger partial charge in [-0.2, -0.15) is 0 Å². The zero-order chi connectivity index (χ0) is 14.8. The van der Waals surface area contributed by atoms with Gasteiger partial charge in [-0.1, -0.05) is 26.7 Å². The van der Waals surface area contributed by atoms with Gasteiger partial charge in [-0.25, -0.2) is 0 Å². The summed E-state index contributed by atoms with van der Waals surface area (Å²) in [6, 6.07) is 0.499. The Hall–Kier alpha value is -0.610. The minimum atomic E-state index is 0.211. The maximum absolute atomic E-state index is 11.9. The van der Waals surface area contributed by atoms with Gasteiger partial charge in [0.05, 0.1) is 0 Å². The number of nitrogens with two attached hydrogens (primary N) is 1. The van der Waals surface area contributed by atoms with Crippen LogP contribution in [0, 0.1) is 5.92 Å². The predicted molar refractivity (Wildman–Crippen MR) is 84.6 cm³/mol. The second-order valence-electron chi connectivity index (χ2n) is 6.31. The number of hydrogen-bond donors (Lipinski definition) is 2. The monoisotopic (exact) mass is 283 g/mol. The van der Waals surface area contributed by atoms with E-state index < -0.39 is 0 Å². The van der Waals surface area contributed by atoms with Crippen molar-refractivity contribution in [2.45, 2.75) is 64.8 Å². The van der Waals surface area contributed by atoms with Crippen molar-refractivity contribution in [3.8, 4) is 0 Å². The van der Waals surface area contributed by atoms with Crippen molar-refractivity contribution >= 4 is 5.91 Å². The summed E-state index contributed by atoms with van der Waals surface area (Å²) in [7, 11) is 0. The van der Waals surface area contributed by atoms with Crippen molar-refractivity contribution in [2.75, 3.05) is 26.2 Å². The molecule has 0 spiro atoms. The van der Waals surface area contributed by atoms with E-state index in [1.165, 1.54) is 25.9 Å². The van der Waals surface area contributed by atoms with E-state index in [0.29, 0.717) is 18.4 Å². The van der Waals surface area contributed by atoms with Crippen LogP contribution in [-0.4, -0.2) is 43.0 Å². The number of nitrogens with one attached hydrogen (secondary N) is 1. The molecule has 0 bridgehead atoms.